The fourth-order valence-corrected chi connectivity index (χ4v) is 2.44. The van der Waals surface area contributed by atoms with Crippen LogP contribution in [0.4, 0.5) is 11.4 Å². The maximum absolute atomic E-state index is 11.8. The van der Waals surface area contributed by atoms with Crippen LogP contribution in [0.5, 0.6) is 0 Å². The normalized spacial score (nSPS) is 10.4. The van der Waals surface area contributed by atoms with Crippen LogP contribution in [0.25, 0.3) is 10.8 Å². The lowest BCUT2D eigenvalue weighted by molar-refractivity contribution is -0.384. The second kappa shape index (κ2) is 5.91. The molecule has 10 heteroatoms. The minimum absolute atomic E-state index is 0.239. The van der Waals surface area contributed by atoms with Gasteiger partial charge >= 0.3 is 11.9 Å². The van der Waals surface area contributed by atoms with Crippen molar-refractivity contribution in [1.29, 1.82) is 0 Å². The van der Waals surface area contributed by atoms with E-state index in [4.69, 9.17) is 0 Å². The highest BCUT2D eigenvalue weighted by Crippen LogP contribution is 2.38. The van der Waals surface area contributed by atoms with E-state index >= 15 is 0 Å². The zero-order valence-corrected chi connectivity index (χ0v) is 12.4. The largest absolute Gasteiger partial charge is 0.478 e. The number of carbonyl (C=O) groups is 2. The first kappa shape index (κ1) is 16.8. The second-order valence-corrected chi connectivity index (χ2v) is 4.84. The Kier molecular flexibility index (Phi) is 4.14. The first-order valence-corrected chi connectivity index (χ1v) is 6.40. The highest BCUT2D eigenvalue weighted by Gasteiger charge is 2.31. The smallest absolute Gasteiger partial charge is 0.339 e. The van der Waals surface area contributed by atoms with Gasteiger partial charge in [-0.1, -0.05) is 0 Å². The van der Waals surface area contributed by atoms with E-state index in [1.807, 2.05) is 0 Å². The quantitative estimate of drug-likeness (QED) is 0.508. The maximum atomic E-state index is 11.8. The van der Waals surface area contributed by atoms with Crippen LogP contribution >= 0.6 is 0 Å². The fourth-order valence-electron chi connectivity index (χ4n) is 2.44. The van der Waals surface area contributed by atoms with Crippen molar-refractivity contribution in [3.05, 3.63) is 55.1 Å². The van der Waals surface area contributed by atoms with Crippen LogP contribution in [-0.2, 0) is 4.74 Å². The number of fused-ring (bicyclic) bond motifs is 1. The van der Waals surface area contributed by atoms with Gasteiger partial charge in [0.05, 0.1) is 38.9 Å². The van der Waals surface area contributed by atoms with Crippen LogP contribution in [-0.4, -0.2) is 34.0 Å². The monoisotopic (exact) mass is 334 g/mol. The van der Waals surface area contributed by atoms with Crippen molar-refractivity contribution in [1.82, 2.24) is 0 Å². The van der Waals surface area contributed by atoms with E-state index in [9.17, 15) is 34.9 Å². The van der Waals surface area contributed by atoms with Gasteiger partial charge < -0.3 is 9.84 Å². The first-order valence-electron chi connectivity index (χ1n) is 6.40. The third-order valence-electron chi connectivity index (χ3n) is 3.35. The summed E-state index contributed by atoms with van der Waals surface area (Å²) >= 11 is 0. The fraction of sp³-hybridized carbons (Fsp3) is 0.143. The van der Waals surface area contributed by atoms with Crippen LogP contribution < -0.4 is 0 Å². The number of benzene rings is 2. The molecule has 0 saturated carbocycles. The Morgan fingerprint density at radius 1 is 1.08 bits per heavy atom. The molecule has 0 aliphatic rings. The summed E-state index contributed by atoms with van der Waals surface area (Å²) in [5, 5.41) is 31.3. The van der Waals surface area contributed by atoms with E-state index in [0.717, 1.165) is 19.2 Å². The minimum Gasteiger partial charge on any atom is -0.478 e. The predicted molar refractivity (Wildman–Crippen MR) is 80.3 cm³/mol. The summed E-state index contributed by atoms with van der Waals surface area (Å²) in [7, 11) is 0.966. The molecule has 1 N–H and O–H groups in total. The minimum atomic E-state index is -1.64. The number of carboxylic acids is 1. The van der Waals surface area contributed by atoms with E-state index in [1.54, 1.807) is 0 Å². The highest BCUT2D eigenvalue weighted by atomic mass is 16.6. The molecule has 0 unspecified atom stereocenters. The molecule has 0 atom stereocenters. The molecular formula is C14H10N2O8. The van der Waals surface area contributed by atoms with E-state index in [1.165, 1.54) is 13.0 Å². The second-order valence-electron chi connectivity index (χ2n) is 4.84. The molecule has 0 heterocycles. The molecule has 0 spiro atoms. The number of aryl methyl sites for hydroxylation is 1. The SMILES string of the molecule is COC(=O)c1cc([N+](=O)[O-])c2cc(C)cc([N+](=O)[O-])c2c1C(=O)O. The van der Waals surface area contributed by atoms with Crippen LogP contribution in [0.2, 0.25) is 0 Å². The lowest BCUT2D eigenvalue weighted by atomic mass is 9.94. The summed E-state index contributed by atoms with van der Waals surface area (Å²) in [4.78, 5) is 44.3. The highest BCUT2D eigenvalue weighted by molar-refractivity contribution is 6.17. The Balaban J connectivity index is 3.20. The molecule has 0 amide bonds. The average molecular weight is 334 g/mol. The average Bonchev–Trinajstić information content (AvgIpc) is 2.50. The van der Waals surface area contributed by atoms with Gasteiger partial charge in [0.25, 0.3) is 11.4 Å². The molecular weight excluding hydrogens is 324 g/mol. The molecule has 0 fully saturated rings. The third kappa shape index (κ3) is 2.60. The van der Waals surface area contributed by atoms with E-state index < -0.39 is 49.7 Å². The van der Waals surface area contributed by atoms with Crippen molar-refractivity contribution >= 4 is 34.1 Å². The van der Waals surface area contributed by atoms with Crippen molar-refractivity contribution in [2.75, 3.05) is 7.11 Å². The molecule has 2 rings (SSSR count). The summed E-state index contributed by atoms with van der Waals surface area (Å²) in [5.74, 6) is -2.78. The molecule has 2 aromatic rings. The van der Waals surface area contributed by atoms with Gasteiger partial charge in [-0.3, -0.25) is 20.2 Å². The Labute approximate surface area is 133 Å². The van der Waals surface area contributed by atoms with Gasteiger partial charge in [-0.25, -0.2) is 9.59 Å². The van der Waals surface area contributed by atoms with Crippen LogP contribution in [0.15, 0.2) is 18.2 Å². The van der Waals surface area contributed by atoms with E-state index in [2.05, 4.69) is 4.74 Å². The van der Waals surface area contributed by atoms with Crippen molar-refractivity contribution in [2.45, 2.75) is 6.92 Å². The molecule has 2 aromatic carbocycles. The molecule has 0 bridgehead atoms. The van der Waals surface area contributed by atoms with Crippen molar-refractivity contribution in [2.24, 2.45) is 0 Å². The Morgan fingerprint density at radius 3 is 2.12 bits per heavy atom. The Hall–Kier alpha value is -3.56. The number of hydrogen-bond donors (Lipinski definition) is 1. The Bertz CT molecular complexity index is 919. The van der Waals surface area contributed by atoms with Gasteiger partial charge in [-0.2, -0.15) is 0 Å². The number of ether oxygens (including phenoxy) is 1. The summed E-state index contributed by atoms with van der Waals surface area (Å²) < 4.78 is 4.44. The van der Waals surface area contributed by atoms with Crippen LogP contribution in [0, 0.1) is 27.2 Å². The van der Waals surface area contributed by atoms with Crippen LogP contribution in [0.3, 0.4) is 0 Å². The number of non-ortho nitro benzene ring substituents is 2. The summed E-state index contributed by atoms with van der Waals surface area (Å²) in [6.07, 6.45) is 0. The number of rotatable bonds is 4. The topological polar surface area (TPSA) is 150 Å². The van der Waals surface area contributed by atoms with E-state index in [0.29, 0.717) is 5.56 Å². The van der Waals surface area contributed by atoms with Gasteiger partial charge in [0, 0.05) is 12.1 Å². The van der Waals surface area contributed by atoms with Crippen molar-refractivity contribution in [3.63, 3.8) is 0 Å². The first-order chi connectivity index (χ1) is 11.2. The number of carboxylic acid groups (broad SMARTS) is 1. The summed E-state index contributed by atoms with van der Waals surface area (Å²) in [5.41, 5.74) is -2.27. The number of aromatic carboxylic acids is 1. The van der Waals surface area contributed by atoms with Gasteiger partial charge in [-0.05, 0) is 18.6 Å². The lowest BCUT2D eigenvalue weighted by Gasteiger charge is -2.10. The van der Waals surface area contributed by atoms with Gasteiger partial charge in [-0.15, -0.1) is 0 Å². The predicted octanol–water partition coefficient (Wildman–Crippen LogP) is 2.45. The van der Waals surface area contributed by atoms with Crippen molar-refractivity contribution in [3.8, 4) is 0 Å². The number of hydrogen-bond acceptors (Lipinski definition) is 7. The summed E-state index contributed by atoms with van der Waals surface area (Å²) in [6.45, 7) is 1.48. The number of methoxy groups -OCH3 is 1. The Morgan fingerprint density at radius 2 is 1.67 bits per heavy atom. The molecule has 124 valence electrons. The zero-order chi connectivity index (χ0) is 18.2. The molecule has 0 saturated heterocycles. The van der Waals surface area contributed by atoms with Gasteiger partial charge in [0.1, 0.15) is 0 Å². The van der Waals surface area contributed by atoms with Gasteiger partial charge in [0.2, 0.25) is 0 Å². The van der Waals surface area contributed by atoms with Crippen LogP contribution in [0.1, 0.15) is 26.3 Å². The number of nitrogens with zero attached hydrogens (tertiary/aromatic N) is 2. The molecule has 0 radical (unpaired) electrons. The molecule has 0 aliphatic heterocycles. The number of nitro groups is 2. The standard InChI is InChI=1S/C14H10N2O8/c1-6-3-7-9(15(20)21)5-8(14(19)24-2)12(13(17)18)11(7)10(4-6)16(22)23/h3-5H,1-2H3,(H,17,18). The number of carbonyl (C=O) groups excluding carboxylic acids is 1. The third-order valence-corrected chi connectivity index (χ3v) is 3.35. The number of esters is 1. The summed E-state index contributed by atoms with van der Waals surface area (Å²) in [6, 6.07) is 3.09. The molecule has 24 heavy (non-hydrogen) atoms. The molecule has 0 aliphatic carbocycles. The molecule has 0 aromatic heterocycles. The maximum Gasteiger partial charge on any atom is 0.339 e. The van der Waals surface area contributed by atoms with Gasteiger partial charge in [0.15, 0.2) is 0 Å². The zero-order valence-electron chi connectivity index (χ0n) is 12.4. The van der Waals surface area contributed by atoms with Crippen molar-refractivity contribution < 1.29 is 29.3 Å². The van der Waals surface area contributed by atoms with E-state index in [-0.39, 0.29) is 5.39 Å². The number of nitro benzene ring substituents is 2. The molecule has 10 nitrogen and oxygen atoms in total. The lowest BCUT2D eigenvalue weighted by Crippen LogP contribution is -2.13.